The van der Waals surface area contributed by atoms with Gasteiger partial charge in [-0.05, 0) is 48.6 Å². The standard InChI is InChI=1S/C13H8F3N3S/c14-13(15,16)8-3-5-9(6-4-8)19-11-10(18-12(19)20)2-1-7-17-11/h1-7H,(H,18,20). The van der Waals surface area contributed by atoms with Crippen LogP contribution in [0.25, 0.3) is 16.9 Å². The molecule has 0 saturated heterocycles. The van der Waals surface area contributed by atoms with E-state index in [2.05, 4.69) is 9.97 Å². The second-order valence-electron chi connectivity index (χ2n) is 4.18. The molecule has 0 unspecified atom stereocenters. The third-order valence-electron chi connectivity index (χ3n) is 2.90. The summed E-state index contributed by atoms with van der Waals surface area (Å²) in [5, 5.41) is 0. The van der Waals surface area contributed by atoms with Crippen molar-refractivity contribution in [1.82, 2.24) is 14.5 Å². The molecule has 2 aromatic heterocycles. The van der Waals surface area contributed by atoms with Crippen LogP contribution in [0.3, 0.4) is 0 Å². The van der Waals surface area contributed by atoms with Gasteiger partial charge in [0.25, 0.3) is 0 Å². The minimum absolute atomic E-state index is 0.387. The van der Waals surface area contributed by atoms with E-state index in [9.17, 15) is 13.2 Å². The first kappa shape index (κ1) is 12.9. The van der Waals surface area contributed by atoms with Gasteiger partial charge < -0.3 is 4.98 Å². The van der Waals surface area contributed by atoms with Crippen LogP contribution in [0.5, 0.6) is 0 Å². The fourth-order valence-electron chi connectivity index (χ4n) is 1.98. The van der Waals surface area contributed by atoms with Crippen LogP contribution in [-0.2, 0) is 6.18 Å². The molecule has 102 valence electrons. The zero-order valence-corrected chi connectivity index (χ0v) is 10.8. The molecule has 0 aliphatic rings. The van der Waals surface area contributed by atoms with Gasteiger partial charge in [0, 0.05) is 11.9 Å². The first-order valence-electron chi connectivity index (χ1n) is 5.70. The third-order valence-corrected chi connectivity index (χ3v) is 3.18. The minimum Gasteiger partial charge on any atom is -0.329 e. The van der Waals surface area contributed by atoms with Crippen LogP contribution in [-0.4, -0.2) is 14.5 Å². The van der Waals surface area contributed by atoms with Crippen LogP contribution in [0.15, 0.2) is 42.6 Å². The van der Waals surface area contributed by atoms with E-state index < -0.39 is 11.7 Å². The number of H-pyrrole nitrogens is 1. The summed E-state index contributed by atoms with van der Waals surface area (Å²) >= 11 is 5.19. The SMILES string of the molecule is FC(F)(F)c1ccc(-n2c(=S)[nH]c3cccnc32)cc1. The zero-order chi connectivity index (χ0) is 14.3. The number of alkyl halides is 3. The number of nitrogens with one attached hydrogen (secondary N) is 1. The average molecular weight is 295 g/mol. The van der Waals surface area contributed by atoms with E-state index in [4.69, 9.17) is 12.2 Å². The maximum atomic E-state index is 12.5. The lowest BCUT2D eigenvalue weighted by atomic mass is 10.2. The molecule has 0 amide bonds. The first-order valence-corrected chi connectivity index (χ1v) is 6.11. The number of halogens is 3. The number of hydrogen-bond donors (Lipinski definition) is 1. The highest BCUT2D eigenvalue weighted by molar-refractivity contribution is 7.71. The summed E-state index contributed by atoms with van der Waals surface area (Å²) in [5.41, 5.74) is 1.16. The van der Waals surface area contributed by atoms with Crippen LogP contribution in [0.2, 0.25) is 0 Å². The summed E-state index contributed by atoms with van der Waals surface area (Å²) in [6.45, 7) is 0. The predicted molar refractivity (Wildman–Crippen MR) is 71.3 cm³/mol. The molecule has 3 aromatic rings. The molecule has 0 aliphatic carbocycles. The number of fused-ring (bicyclic) bond motifs is 1. The highest BCUT2D eigenvalue weighted by Crippen LogP contribution is 2.30. The van der Waals surface area contributed by atoms with Crippen molar-refractivity contribution in [3.05, 3.63) is 52.9 Å². The van der Waals surface area contributed by atoms with Crippen molar-refractivity contribution in [2.24, 2.45) is 0 Å². The number of rotatable bonds is 1. The quantitative estimate of drug-likeness (QED) is 0.686. The molecule has 0 radical (unpaired) electrons. The molecular weight excluding hydrogens is 287 g/mol. The van der Waals surface area contributed by atoms with Crippen molar-refractivity contribution in [3.63, 3.8) is 0 Å². The summed E-state index contributed by atoms with van der Waals surface area (Å²) in [6.07, 6.45) is -2.75. The van der Waals surface area contributed by atoms with Gasteiger partial charge >= 0.3 is 6.18 Å². The van der Waals surface area contributed by atoms with Crippen LogP contribution >= 0.6 is 12.2 Å². The summed E-state index contributed by atoms with van der Waals surface area (Å²) in [4.78, 5) is 7.16. The number of hydrogen-bond acceptors (Lipinski definition) is 2. The maximum absolute atomic E-state index is 12.5. The fraction of sp³-hybridized carbons (Fsp3) is 0.0769. The summed E-state index contributed by atoms with van der Waals surface area (Å²) < 4.78 is 39.6. The normalized spacial score (nSPS) is 11.9. The monoisotopic (exact) mass is 295 g/mol. The number of pyridine rings is 1. The third kappa shape index (κ3) is 2.09. The Morgan fingerprint density at radius 1 is 1.10 bits per heavy atom. The molecular formula is C13H8F3N3S. The number of aromatic nitrogens is 3. The van der Waals surface area contributed by atoms with Gasteiger partial charge in [-0.15, -0.1) is 0 Å². The van der Waals surface area contributed by atoms with Crippen LogP contribution < -0.4 is 0 Å². The molecule has 1 N–H and O–H groups in total. The van der Waals surface area contributed by atoms with Crippen molar-refractivity contribution in [2.45, 2.75) is 6.18 Å². The molecule has 0 fully saturated rings. The lowest BCUT2D eigenvalue weighted by Gasteiger charge is -2.08. The average Bonchev–Trinajstić information content (AvgIpc) is 2.73. The van der Waals surface area contributed by atoms with Gasteiger partial charge in [-0.1, -0.05) is 0 Å². The van der Waals surface area contributed by atoms with Gasteiger partial charge in [0.05, 0.1) is 11.1 Å². The Balaban J connectivity index is 2.17. The van der Waals surface area contributed by atoms with Gasteiger partial charge in [0.2, 0.25) is 0 Å². The van der Waals surface area contributed by atoms with Gasteiger partial charge in [-0.25, -0.2) is 4.98 Å². The number of benzene rings is 1. The number of imidazole rings is 1. The number of aromatic amines is 1. The van der Waals surface area contributed by atoms with E-state index in [1.165, 1.54) is 12.1 Å². The molecule has 2 heterocycles. The highest BCUT2D eigenvalue weighted by atomic mass is 32.1. The van der Waals surface area contributed by atoms with Crippen molar-refractivity contribution in [1.29, 1.82) is 0 Å². The van der Waals surface area contributed by atoms with E-state index in [1.807, 2.05) is 0 Å². The lowest BCUT2D eigenvalue weighted by molar-refractivity contribution is -0.137. The summed E-state index contributed by atoms with van der Waals surface area (Å²) in [5.74, 6) is 0. The molecule has 0 atom stereocenters. The Kier molecular flexibility index (Phi) is 2.86. The van der Waals surface area contributed by atoms with Crippen molar-refractivity contribution >= 4 is 23.4 Å². The van der Waals surface area contributed by atoms with E-state index in [0.29, 0.717) is 16.1 Å². The highest BCUT2D eigenvalue weighted by Gasteiger charge is 2.30. The van der Waals surface area contributed by atoms with E-state index >= 15 is 0 Å². The molecule has 7 heteroatoms. The topological polar surface area (TPSA) is 33.6 Å². The Bertz CT molecular complexity index is 815. The second kappa shape index (κ2) is 4.45. The molecule has 3 rings (SSSR count). The molecule has 0 spiro atoms. The maximum Gasteiger partial charge on any atom is 0.416 e. The number of nitrogens with zero attached hydrogens (tertiary/aromatic N) is 2. The lowest BCUT2D eigenvalue weighted by Crippen LogP contribution is -2.05. The van der Waals surface area contributed by atoms with E-state index in [-0.39, 0.29) is 0 Å². The van der Waals surface area contributed by atoms with Gasteiger partial charge in [-0.2, -0.15) is 13.2 Å². The van der Waals surface area contributed by atoms with Crippen molar-refractivity contribution in [3.8, 4) is 5.69 Å². The molecule has 0 saturated carbocycles. The van der Waals surface area contributed by atoms with Gasteiger partial charge in [0.1, 0.15) is 0 Å². The Morgan fingerprint density at radius 3 is 2.45 bits per heavy atom. The second-order valence-corrected chi connectivity index (χ2v) is 4.57. The molecule has 0 aliphatic heterocycles. The van der Waals surface area contributed by atoms with Crippen LogP contribution in [0, 0.1) is 4.77 Å². The molecule has 20 heavy (non-hydrogen) atoms. The molecule has 1 aromatic carbocycles. The van der Waals surface area contributed by atoms with E-state index in [0.717, 1.165) is 17.6 Å². The molecule has 0 bridgehead atoms. The minimum atomic E-state index is -4.35. The summed E-state index contributed by atoms with van der Waals surface area (Å²) in [6, 6.07) is 8.36. The Morgan fingerprint density at radius 2 is 1.80 bits per heavy atom. The Labute approximate surface area is 116 Å². The van der Waals surface area contributed by atoms with Crippen LogP contribution in [0.4, 0.5) is 13.2 Å². The van der Waals surface area contributed by atoms with Crippen molar-refractivity contribution < 1.29 is 13.2 Å². The largest absolute Gasteiger partial charge is 0.416 e. The summed E-state index contributed by atoms with van der Waals surface area (Å²) in [7, 11) is 0. The predicted octanol–water partition coefficient (Wildman–Crippen LogP) is 4.10. The first-order chi connectivity index (χ1) is 9.47. The van der Waals surface area contributed by atoms with Crippen molar-refractivity contribution in [2.75, 3.05) is 0 Å². The van der Waals surface area contributed by atoms with E-state index in [1.54, 1.807) is 22.9 Å². The smallest absolute Gasteiger partial charge is 0.329 e. The van der Waals surface area contributed by atoms with Crippen LogP contribution in [0.1, 0.15) is 5.56 Å². The van der Waals surface area contributed by atoms with Gasteiger partial charge in [-0.3, -0.25) is 4.57 Å². The molecule has 3 nitrogen and oxygen atoms in total. The Hall–Kier alpha value is -2.15. The fourth-order valence-corrected chi connectivity index (χ4v) is 2.28. The zero-order valence-electron chi connectivity index (χ0n) is 9.98. The van der Waals surface area contributed by atoms with Gasteiger partial charge in [0.15, 0.2) is 10.4 Å².